The molecule has 0 aromatic heterocycles. The van der Waals surface area contributed by atoms with E-state index < -0.39 is 0 Å². The number of urea groups is 1. The molecule has 0 unspecified atom stereocenters. The Balaban J connectivity index is 2.26. The third-order valence-electron chi connectivity index (χ3n) is 2.56. The Morgan fingerprint density at radius 2 is 2.11 bits per heavy atom. The van der Waals surface area contributed by atoms with Crippen LogP contribution >= 0.6 is 0 Å². The number of aromatic hydroxyl groups is 1. The molecule has 1 aromatic rings. The van der Waals surface area contributed by atoms with Gasteiger partial charge in [-0.25, -0.2) is 4.79 Å². The number of amides is 2. The van der Waals surface area contributed by atoms with E-state index in [1.54, 1.807) is 26.2 Å². The van der Waals surface area contributed by atoms with Crippen LogP contribution in [-0.4, -0.2) is 50.3 Å². The van der Waals surface area contributed by atoms with Crippen molar-refractivity contribution in [1.82, 2.24) is 15.5 Å². The lowest BCUT2D eigenvalue weighted by Crippen LogP contribution is -2.38. The van der Waals surface area contributed by atoms with Gasteiger partial charge in [-0.3, -0.25) is 0 Å². The van der Waals surface area contributed by atoms with E-state index in [0.29, 0.717) is 25.4 Å². The van der Waals surface area contributed by atoms with Crippen molar-refractivity contribution in [3.8, 4) is 11.5 Å². The molecule has 3 N–H and O–H groups in total. The van der Waals surface area contributed by atoms with Gasteiger partial charge in [-0.1, -0.05) is 6.07 Å². The van der Waals surface area contributed by atoms with E-state index >= 15 is 0 Å². The molecule has 0 radical (unpaired) electrons. The molecule has 0 bridgehead atoms. The summed E-state index contributed by atoms with van der Waals surface area (Å²) in [5.74, 6) is 0.588. The van der Waals surface area contributed by atoms with Gasteiger partial charge in [0.25, 0.3) is 0 Å². The van der Waals surface area contributed by atoms with Gasteiger partial charge >= 0.3 is 6.03 Å². The number of carbonyl (C=O) groups excluding carboxylic acids is 1. The number of phenolic OH excluding ortho intramolecular Hbond substituents is 1. The summed E-state index contributed by atoms with van der Waals surface area (Å²) < 4.78 is 4.97. The average Bonchev–Trinajstić information content (AvgIpc) is 2.38. The van der Waals surface area contributed by atoms with Crippen molar-refractivity contribution in [3.63, 3.8) is 0 Å². The van der Waals surface area contributed by atoms with Crippen LogP contribution in [0.1, 0.15) is 5.56 Å². The highest BCUT2D eigenvalue weighted by atomic mass is 16.5. The maximum Gasteiger partial charge on any atom is 0.316 e. The molecule has 6 heteroatoms. The molecule has 0 saturated heterocycles. The molecular weight excluding hydrogens is 246 g/mol. The standard InChI is InChI=1S/C13H21N3O3/c1-16(2)13(18)15-7-6-14-9-10-4-5-12(19-3)11(17)8-10/h4-5,8,14,17H,6-7,9H2,1-3H3,(H,15,18). The largest absolute Gasteiger partial charge is 0.504 e. The van der Waals surface area contributed by atoms with Gasteiger partial charge in [-0.15, -0.1) is 0 Å². The maximum absolute atomic E-state index is 11.2. The molecular formula is C13H21N3O3. The fourth-order valence-corrected chi connectivity index (χ4v) is 1.49. The number of carbonyl (C=O) groups is 1. The number of methoxy groups -OCH3 is 1. The van der Waals surface area contributed by atoms with E-state index in [9.17, 15) is 9.90 Å². The van der Waals surface area contributed by atoms with Crippen LogP contribution in [0, 0.1) is 0 Å². The van der Waals surface area contributed by atoms with Gasteiger partial charge in [0.15, 0.2) is 11.5 Å². The topological polar surface area (TPSA) is 73.8 Å². The molecule has 0 aliphatic carbocycles. The smallest absolute Gasteiger partial charge is 0.316 e. The number of nitrogens with one attached hydrogen (secondary N) is 2. The van der Waals surface area contributed by atoms with Crippen molar-refractivity contribution in [2.45, 2.75) is 6.54 Å². The summed E-state index contributed by atoms with van der Waals surface area (Å²) in [6.07, 6.45) is 0. The molecule has 2 amide bonds. The molecule has 0 saturated carbocycles. The zero-order valence-electron chi connectivity index (χ0n) is 11.6. The number of nitrogens with zero attached hydrogens (tertiary/aromatic N) is 1. The van der Waals surface area contributed by atoms with Crippen LogP contribution in [-0.2, 0) is 6.54 Å². The number of rotatable bonds is 6. The molecule has 106 valence electrons. The number of benzene rings is 1. The average molecular weight is 267 g/mol. The first-order chi connectivity index (χ1) is 9.04. The van der Waals surface area contributed by atoms with E-state index in [-0.39, 0.29) is 11.8 Å². The molecule has 0 spiro atoms. The predicted molar refractivity (Wildman–Crippen MR) is 73.5 cm³/mol. The summed E-state index contributed by atoms with van der Waals surface area (Å²) in [7, 11) is 4.91. The monoisotopic (exact) mass is 267 g/mol. The minimum Gasteiger partial charge on any atom is -0.504 e. The zero-order valence-corrected chi connectivity index (χ0v) is 11.6. The second kappa shape index (κ2) is 7.48. The second-order valence-corrected chi connectivity index (χ2v) is 4.31. The molecule has 1 aromatic carbocycles. The minimum absolute atomic E-state index is 0.108. The van der Waals surface area contributed by atoms with Crippen LogP contribution in [0.15, 0.2) is 18.2 Å². The van der Waals surface area contributed by atoms with Crippen LogP contribution in [0.4, 0.5) is 4.79 Å². The van der Waals surface area contributed by atoms with Gasteiger partial charge in [0.05, 0.1) is 7.11 Å². The Morgan fingerprint density at radius 3 is 2.68 bits per heavy atom. The lowest BCUT2D eigenvalue weighted by Gasteiger charge is -2.12. The van der Waals surface area contributed by atoms with Crippen molar-refractivity contribution in [1.29, 1.82) is 0 Å². The van der Waals surface area contributed by atoms with Crippen molar-refractivity contribution in [2.24, 2.45) is 0 Å². The normalized spacial score (nSPS) is 10.1. The van der Waals surface area contributed by atoms with E-state index in [2.05, 4.69) is 10.6 Å². The number of hydrogen-bond donors (Lipinski definition) is 3. The van der Waals surface area contributed by atoms with Crippen LogP contribution < -0.4 is 15.4 Å². The quantitative estimate of drug-likeness (QED) is 0.665. The summed E-state index contributed by atoms with van der Waals surface area (Å²) in [5.41, 5.74) is 0.956. The molecule has 0 aliphatic rings. The van der Waals surface area contributed by atoms with E-state index in [0.717, 1.165) is 5.56 Å². The van der Waals surface area contributed by atoms with Gasteiger partial charge in [0, 0.05) is 33.7 Å². The van der Waals surface area contributed by atoms with Crippen LogP contribution in [0.3, 0.4) is 0 Å². The third-order valence-corrected chi connectivity index (χ3v) is 2.56. The van der Waals surface area contributed by atoms with Crippen LogP contribution in [0.25, 0.3) is 0 Å². The lowest BCUT2D eigenvalue weighted by atomic mass is 10.2. The van der Waals surface area contributed by atoms with Gasteiger partial charge in [0.2, 0.25) is 0 Å². The summed E-state index contributed by atoms with van der Waals surface area (Å²) in [5, 5.41) is 15.5. The first-order valence-electron chi connectivity index (χ1n) is 6.06. The SMILES string of the molecule is COc1ccc(CNCCNC(=O)N(C)C)cc1O. The van der Waals surface area contributed by atoms with Crippen molar-refractivity contribution in [2.75, 3.05) is 34.3 Å². The predicted octanol–water partition coefficient (Wildman–Crippen LogP) is 0.762. The maximum atomic E-state index is 11.2. The molecule has 0 heterocycles. The van der Waals surface area contributed by atoms with Gasteiger partial charge in [-0.2, -0.15) is 0 Å². The van der Waals surface area contributed by atoms with Crippen molar-refractivity contribution in [3.05, 3.63) is 23.8 Å². The third kappa shape index (κ3) is 5.05. The fraction of sp³-hybridized carbons (Fsp3) is 0.462. The molecule has 0 fully saturated rings. The van der Waals surface area contributed by atoms with E-state index in [4.69, 9.17) is 4.74 Å². The Morgan fingerprint density at radius 1 is 1.37 bits per heavy atom. The van der Waals surface area contributed by atoms with E-state index in [1.165, 1.54) is 12.0 Å². The fourth-order valence-electron chi connectivity index (χ4n) is 1.49. The Kier molecular flexibility index (Phi) is 5.95. The van der Waals surface area contributed by atoms with Gasteiger partial charge < -0.3 is 25.4 Å². The van der Waals surface area contributed by atoms with Gasteiger partial charge in [0.1, 0.15) is 0 Å². The number of hydrogen-bond acceptors (Lipinski definition) is 4. The first-order valence-corrected chi connectivity index (χ1v) is 6.06. The molecule has 19 heavy (non-hydrogen) atoms. The molecule has 0 aliphatic heterocycles. The summed E-state index contributed by atoms with van der Waals surface area (Å²) in [4.78, 5) is 12.7. The summed E-state index contributed by atoms with van der Waals surface area (Å²) in [6, 6.07) is 5.15. The van der Waals surface area contributed by atoms with Crippen LogP contribution in [0.2, 0.25) is 0 Å². The first kappa shape index (κ1) is 15.1. The van der Waals surface area contributed by atoms with Crippen molar-refractivity contribution >= 4 is 6.03 Å². The Labute approximate surface area is 113 Å². The highest BCUT2D eigenvalue weighted by Crippen LogP contribution is 2.25. The summed E-state index contributed by atoms with van der Waals surface area (Å²) in [6.45, 7) is 1.83. The summed E-state index contributed by atoms with van der Waals surface area (Å²) >= 11 is 0. The minimum atomic E-state index is -0.108. The number of phenols is 1. The number of ether oxygens (including phenoxy) is 1. The molecule has 0 atom stereocenters. The zero-order chi connectivity index (χ0) is 14.3. The van der Waals surface area contributed by atoms with Crippen molar-refractivity contribution < 1.29 is 14.6 Å². The Hall–Kier alpha value is -1.95. The van der Waals surface area contributed by atoms with Gasteiger partial charge in [-0.05, 0) is 17.7 Å². The second-order valence-electron chi connectivity index (χ2n) is 4.31. The van der Waals surface area contributed by atoms with Crippen LogP contribution in [0.5, 0.6) is 11.5 Å². The highest BCUT2D eigenvalue weighted by molar-refractivity contribution is 5.73. The highest BCUT2D eigenvalue weighted by Gasteiger charge is 2.03. The molecule has 6 nitrogen and oxygen atoms in total. The molecule has 1 rings (SSSR count). The van der Waals surface area contributed by atoms with E-state index in [1.807, 2.05) is 6.07 Å². The Bertz CT molecular complexity index is 422. The lowest BCUT2D eigenvalue weighted by molar-refractivity contribution is 0.217.